The maximum absolute atomic E-state index is 12.1. The van der Waals surface area contributed by atoms with Crippen molar-refractivity contribution < 1.29 is 14.7 Å². The minimum atomic E-state index is -0.800. The first kappa shape index (κ1) is 13.3. The molecule has 18 heavy (non-hydrogen) atoms. The molecule has 2 rings (SSSR count). The van der Waals surface area contributed by atoms with Crippen LogP contribution in [0.1, 0.15) is 32.6 Å². The number of carbonyl (C=O) groups excluding carboxylic acids is 1. The van der Waals surface area contributed by atoms with E-state index < -0.39 is 12.0 Å². The van der Waals surface area contributed by atoms with Crippen molar-refractivity contribution in [2.24, 2.45) is 5.92 Å². The monoisotopic (exact) mass is 254 g/mol. The number of hydrogen-bond acceptors (Lipinski definition) is 3. The van der Waals surface area contributed by atoms with Crippen molar-refractivity contribution in [2.45, 2.75) is 38.6 Å². The molecule has 102 valence electrons. The molecule has 2 aliphatic heterocycles. The SMILES string of the molecule is CC1CCN(CC(=O)N2CCCCC2)C1C(=O)O. The fourth-order valence-electron chi connectivity index (χ4n) is 3.02. The molecule has 0 aromatic rings. The predicted octanol–water partition coefficient (Wildman–Crippen LogP) is 0.794. The Hall–Kier alpha value is -1.10. The van der Waals surface area contributed by atoms with Gasteiger partial charge in [-0.25, -0.2) is 0 Å². The van der Waals surface area contributed by atoms with Gasteiger partial charge in [0.15, 0.2) is 0 Å². The van der Waals surface area contributed by atoms with E-state index in [9.17, 15) is 14.7 Å². The van der Waals surface area contributed by atoms with Crippen LogP contribution in [0.4, 0.5) is 0 Å². The van der Waals surface area contributed by atoms with Crippen LogP contribution in [0.5, 0.6) is 0 Å². The molecule has 1 N–H and O–H groups in total. The summed E-state index contributed by atoms with van der Waals surface area (Å²) in [4.78, 5) is 27.0. The Bertz CT molecular complexity index is 326. The van der Waals surface area contributed by atoms with Crippen LogP contribution in [-0.2, 0) is 9.59 Å². The molecule has 0 spiro atoms. The first-order chi connectivity index (χ1) is 8.59. The number of carboxylic acid groups (broad SMARTS) is 1. The molecule has 2 unspecified atom stereocenters. The maximum atomic E-state index is 12.1. The van der Waals surface area contributed by atoms with Gasteiger partial charge in [0.1, 0.15) is 6.04 Å². The first-order valence-corrected chi connectivity index (χ1v) is 6.84. The summed E-state index contributed by atoms with van der Waals surface area (Å²) >= 11 is 0. The molecule has 0 aliphatic carbocycles. The van der Waals surface area contributed by atoms with E-state index in [0.717, 1.165) is 38.9 Å². The van der Waals surface area contributed by atoms with Crippen LogP contribution in [0.3, 0.4) is 0 Å². The third kappa shape index (κ3) is 2.83. The number of likely N-dealkylation sites (tertiary alicyclic amines) is 2. The van der Waals surface area contributed by atoms with Gasteiger partial charge in [-0.3, -0.25) is 14.5 Å². The fraction of sp³-hybridized carbons (Fsp3) is 0.846. The summed E-state index contributed by atoms with van der Waals surface area (Å²) in [5.41, 5.74) is 0. The second kappa shape index (κ2) is 5.69. The number of carbonyl (C=O) groups is 2. The van der Waals surface area contributed by atoms with Crippen molar-refractivity contribution in [3.05, 3.63) is 0 Å². The van der Waals surface area contributed by atoms with Crippen LogP contribution in [0.15, 0.2) is 0 Å². The molecule has 0 aromatic carbocycles. The van der Waals surface area contributed by atoms with Crippen LogP contribution in [0.2, 0.25) is 0 Å². The van der Waals surface area contributed by atoms with Crippen LogP contribution in [0, 0.1) is 5.92 Å². The van der Waals surface area contributed by atoms with E-state index in [1.165, 1.54) is 6.42 Å². The summed E-state index contributed by atoms with van der Waals surface area (Å²) in [6.45, 7) is 4.60. The quantitative estimate of drug-likeness (QED) is 0.809. The standard InChI is InChI=1S/C13H22N2O3/c1-10-5-8-15(12(10)13(17)18)9-11(16)14-6-3-2-4-7-14/h10,12H,2-9H2,1H3,(H,17,18). The molecule has 2 atom stereocenters. The summed E-state index contributed by atoms with van der Waals surface area (Å²) in [5, 5.41) is 9.21. The van der Waals surface area contributed by atoms with Gasteiger partial charge in [-0.2, -0.15) is 0 Å². The molecular formula is C13H22N2O3. The van der Waals surface area contributed by atoms with Crippen LogP contribution in [-0.4, -0.2) is 59.0 Å². The number of rotatable bonds is 3. The van der Waals surface area contributed by atoms with Crippen molar-refractivity contribution in [3.63, 3.8) is 0 Å². The highest BCUT2D eigenvalue weighted by Crippen LogP contribution is 2.24. The second-order valence-electron chi connectivity index (χ2n) is 5.46. The largest absolute Gasteiger partial charge is 0.480 e. The molecule has 0 radical (unpaired) electrons. The third-order valence-corrected chi connectivity index (χ3v) is 4.10. The van der Waals surface area contributed by atoms with E-state index in [1.54, 1.807) is 0 Å². The number of hydrogen-bond donors (Lipinski definition) is 1. The van der Waals surface area contributed by atoms with Gasteiger partial charge in [0, 0.05) is 13.1 Å². The fourth-order valence-corrected chi connectivity index (χ4v) is 3.02. The van der Waals surface area contributed by atoms with Gasteiger partial charge in [-0.1, -0.05) is 6.92 Å². The van der Waals surface area contributed by atoms with E-state index in [0.29, 0.717) is 0 Å². The lowest BCUT2D eigenvalue weighted by molar-refractivity contribution is -0.144. The molecule has 2 aliphatic rings. The third-order valence-electron chi connectivity index (χ3n) is 4.10. The summed E-state index contributed by atoms with van der Waals surface area (Å²) in [6.07, 6.45) is 4.21. The summed E-state index contributed by atoms with van der Waals surface area (Å²) in [6, 6.07) is -0.487. The lowest BCUT2D eigenvalue weighted by Gasteiger charge is -2.30. The molecule has 5 nitrogen and oxygen atoms in total. The smallest absolute Gasteiger partial charge is 0.321 e. The van der Waals surface area contributed by atoms with Gasteiger partial charge in [0.2, 0.25) is 5.91 Å². The number of piperidine rings is 1. The van der Waals surface area contributed by atoms with Crippen LogP contribution in [0.25, 0.3) is 0 Å². The van der Waals surface area contributed by atoms with E-state index in [2.05, 4.69) is 0 Å². The van der Waals surface area contributed by atoms with E-state index in [4.69, 9.17) is 0 Å². The Labute approximate surface area is 108 Å². The van der Waals surface area contributed by atoms with E-state index in [-0.39, 0.29) is 18.4 Å². The Kier molecular flexibility index (Phi) is 4.22. The van der Waals surface area contributed by atoms with Gasteiger partial charge >= 0.3 is 5.97 Å². The Morgan fingerprint density at radius 3 is 2.44 bits per heavy atom. The molecule has 2 saturated heterocycles. The van der Waals surface area contributed by atoms with Gasteiger partial charge in [-0.15, -0.1) is 0 Å². The highest BCUT2D eigenvalue weighted by molar-refractivity contribution is 5.80. The topological polar surface area (TPSA) is 60.9 Å². The van der Waals surface area contributed by atoms with Gasteiger partial charge < -0.3 is 10.0 Å². The minimum Gasteiger partial charge on any atom is -0.480 e. The highest BCUT2D eigenvalue weighted by Gasteiger charge is 2.38. The number of aliphatic carboxylic acids is 1. The molecule has 5 heteroatoms. The normalized spacial score (nSPS) is 29.5. The van der Waals surface area contributed by atoms with Crippen LogP contribution < -0.4 is 0 Å². The molecule has 2 fully saturated rings. The molecule has 0 saturated carbocycles. The van der Waals surface area contributed by atoms with Gasteiger partial charge in [0.05, 0.1) is 6.54 Å². The average Bonchev–Trinajstić information content (AvgIpc) is 2.71. The molecule has 0 bridgehead atoms. The molecule has 2 heterocycles. The minimum absolute atomic E-state index is 0.0926. The summed E-state index contributed by atoms with van der Waals surface area (Å²) < 4.78 is 0. The zero-order valence-electron chi connectivity index (χ0n) is 11.0. The number of nitrogens with zero attached hydrogens (tertiary/aromatic N) is 2. The zero-order valence-corrected chi connectivity index (χ0v) is 11.0. The zero-order chi connectivity index (χ0) is 13.1. The first-order valence-electron chi connectivity index (χ1n) is 6.84. The van der Waals surface area contributed by atoms with Gasteiger partial charge in [0.25, 0.3) is 0 Å². The van der Waals surface area contributed by atoms with Crippen molar-refractivity contribution in [3.8, 4) is 0 Å². The predicted molar refractivity (Wildman–Crippen MR) is 67.2 cm³/mol. The van der Waals surface area contributed by atoms with Crippen molar-refractivity contribution in [1.29, 1.82) is 0 Å². The van der Waals surface area contributed by atoms with Gasteiger partial charge in [-0.05, 0) is 38.1 Å². The van der Waals surface area contributed by atoms with E-state index in [1.807, 2.05) is 16.7 Å². The lowest BCUT2D eigenvalue weighted by Crippen LogP contribution is -2.47. The van der Waals surface area contributed by atoms with E-state index >= 15 is 0 Å². The molecular weight excluding hydrogens is 232 g/mol. The summed E-state index contributed by atoms with van der Waals surface area (Å²) in [7, 11) is 0. The summed E-state index contributed by atoms with van der Waals surface area (Å²) in [5.74, 6) is -0.571. The number of amides is 1. The lowest BCUT2D eigenvalue weighted by atomic mass is 10.0. The Morgan fingerprint density at radius 2 is 1.83 bits per heavy atom. The van der Waals surface area contributed by atoms with Crippen molar-refractivity contribution in [2.75, 3.05) is 26.2 Å². The van der Waals surface area contributed by atoms with Crippen molar-refractivity contribution in [1.82, 2.24) is 9.80 Å². The van der Waals surface area contributed by atoms with Crippen molar-refractivity contribution >= 4 is 11.9 Å². The maximum Gasteiger partial charge on any atom is 0.321 e. The second-order valence-corrected chi connectivity index (χ2v) is 5.46. The highest BCUT2D eigenvalue weighted by atomic mass is 16.4. The Balaban J connectivity index is 1.91. The van der Waals surface area contributed by atoms with Crippen LogP contribution >= 0.6 is 0 Å². The average molecular weight is 254 g/mol. The molecule has 1 amide bonds. The molecule has 0 aromatic heterocycles. The Morgan fingerprint density at radius 1 is 1.17 bits per heavy atom. The number of carboxylic acids is 1.